The zero-order valence-electron chi connectivity index (χ0n) is 9.87. The summed E-state index contributed by atoms with van der Waals surface area (Å²) in [7, 11) is 0. The van der Waals surface area contributed by atoms with E-state index in [-0.39, 0.29) is 5.84 Å². The summed E-state index contributed by atoms with van der Waals surface area (Å²) in [6.45, 7) is 1.99. The van der Waals surface area contributed by atoms with E-state index in [4.69, 9.17) is 10.9 Å². The second kappa shape index (κ2) is 5.55. The predicted molar refractivity (Wildman–Crippen MR) is 72.0 cm³/mol. The van der Waals surface area contributed by atoms with Crippen molar-refractivity contribution in [2.24, 2.45) is 10.9 Å². The van der Waals surface area contributed by atoms with Gasteiger partial charge in [0.25, 0.3) is 0 Å². The lowest BCUT2D eigenvalue weighted by Crippen LogP contribution is -2.14. The molecule has 1 aromatic heterocycles. The molecular weight excluding hydrogens is 246 g/mol. The molecule has 0 saturated carbocycles. The SMILES string of the molecule is Cc1cccc(/C(N)=N/O)c1Sc1ccccn1. The molecule has 1 aromatic carbocycles. The number of pyridine rings is 1. The molecule has 0 atom stereocenters. The standard InChI is InChI=1S/C13H13N3OS/c1-9-5-4-6-10(13(14)16-17)12(9)18-11-7-2-3-8-15-11/h2-8,17H,1H3,(H2,14,16). The number of hydrogen-bond acceptors (Lipinski definition) is 4. The molecule has 0 spiro atoms. The molecule has 0 amide bonds. The van der Waals surface area contributed by atoms with E-state index in [1.807, 2.05) is 43.3 Å². The van der Waals surface area contributed by atoms with Crippen LogP contribution >= 0.6 is 11.8 Å². The molecule has 0 fully saturated rings. The molecule has 92 valence electrons. The molecule has 18 heavy (non-hydrogen) atoms. The van der Waals surface area contributed by atoms with Gasteiger partial charge in [0, 0.05) is 16.7 Å². The first-order valence-electron chi connectivity index (χ1n) is 5.39. The zero-order chi connectivity index (χ0) is 13.0. The quantitative estimate of drug-likeness (QED) is 0.385. The van der Waals surface area contributed by atoms with Gasteiger partial charge in [-0.25, -0.2) is 4.98 Å². The third-order valence-electron chi connectivity index (χ3n) is 2.44. The minimum Gasteiger partial charge on any atom is -0.409 e. The molecule has 0 aliphatic heterocycles. The van der Waals surface area contributed by atoms with Gasteiger partial charge in [0.2, 0.25) is 0 Å². The lowest BCUT2D eigenvalue weighted by Gasteiger charge is -2.10. The van der Waals surface area contributed by atoms with Gasteiger partial charge >= 0.3 is 0 Å². The highest BCUT2D eigenvalue weighted by molar-refractivity contribution is 7.99. The van der Waals surface area contributed by atoms with E-state index in [1.54, 1.807) is 6.20 Å². The fourth-order valence-electron chi connectivity index (χ4n) is 1.56. The number of oxime groups is 1. The first-order chi connectivity index (χ1) is 8.72. The highest BCUT2D eigenvalue weighted by Crippen LogP contribution is 2.31. The Morgan fingerprint density at radius 1 is 1.28 bits per heavy atom. The van der Waals surface area contributed by atoms with Crippen LogP contribution in [0.15, 0.2) is 57.7 Å². The maximum absolute atomic E-state index is 8.81. The molecule has 2 rings (SSSR count). The Hall–Kier alpha value is -2.01. The molecule has 3 N–H and O–H groups in total. The van der Waals surface area contributed by atoms with Crippen LogP contribution < -0.4 is 5.73 Å². The average molecular weight is 259 g/mol. The Morgan fingerprint density at radius 2 is 2.11 bits per heavy atom. The summed E-state index contributed by atoms with van der Waals surface area (Å²) in [5.74, 6) is 0.108. The number of nitrogens with two attached hydrogens (primary N) is 1. The molecule has 5 heteroatoms. The van der Waals surface area contributed by atoms with Gasteiger partial charge in [0.1, 0.15) is 5.03 Å². The highest BCUT2D eigenvalue weighted by atomic mass is 32.2. The second-order valence-electron chi connectivity index (χ2n) is 3.71. The van der Waals surface area contributed by atoms with Gasteiger partial charge in [-0.2, -0.15) is 0 Å². The summed E-state index contributed by atoms with van der Waals surface area (Å²) in [6.07, 6.45) is 1.74. The number of aryl methyl sites for hydroxylation is 1. The first kappa shape index (κ1) is 12.4. The number of aromatic nitrogens is 1. The fraction of sp³-hybridized carbons (Fsp3) is 0.0769. The lowest BCUT2D eigenvalue weighted by molar-refractivity contribution is 0.318. The third kappa shape index (κ3) is 2.62. The Labute approximate surface area is 110 Å². The Bertz CT molecular complexity index is 570. The van der Waals surface area contributed by atoms with Crippen molar-refractivity contribution in [1.29, 1.82) is 0 Å². The van der Waals surface area contributed by atoms with Crippen LogP contribution in [-0.2, 0) is 0 Å². The van der Waals surface area contributed by atoms with E-state index in [2.05, 4.69) is 10.1 Å². The van der Waals surface area contributed by atoms with Crippen molar-refractivity contribution < 1.29 is 5.21 Å². The molecule has 2 aromatic rings. The largest absolute Gasteiger partial charge is 0.409 e. The van der Waals surface area contributed by atoms with Crippen LogP contribution in [0.3, 0.4) is 0 Å². The minimum absolute atomic E-state index is 0.108. The van der Waals surface area contributed by atoms with Gasteiger partial charge in [-0.3, -0.25) is 0 Å². The summed E-state index contributed by atoms with van der Waals surface area (Å²) in [5, 5.41) is 12.7. The van der Waals surface area contributed by atoms with Gasteiger partial charge in [0.15, 0.2) is 5.84 Å². The van der Waals surface area contributed by atoms with Gasteiger partial charge in [0.05, 0.1) is 0 Å². The lowest BCUT2D eigenvalue weighted by atomic mass is 10.1. The van der Waals surface area contributed by atoms with Gasteiger partial charge in [-0.05, 0) is 30.7 Å². The predicted octanol–water partition coefficient (Wildman–Crippen LogP) is 2.64. The minimum atomic E-state index is 0.108. The number of hydrogen-bond donors (Lipinski definition) is 2. The van der Waals surface area contributed by atoms with Crippen LogP contribution in [0.2, 0.25) is 0 Å². The van der Waals surface area contributed by atoms with Crippen molar-refractivity contribution >= 4 is 17.6 Å². The van der Waals surface area contributed by atoms with Gasteiger partial charge < -0.3 is 10.9 Å². The van der Waals surface area contributed by atoms with Crippen molar-refractivity contribution in [3.63, 3.8) is 0 Å². The summed E-state index contributed by atoms with van der Waals surface area (Å²) in [6, 6.07) is 11.4. The van der Waals surface area contributed by atoms with E-state index >= 15 is 0 Å². The molecule has 1 heterocycles. The van der Waals surface area contributed by atoms with E-state index < -0.39 is 0 Å². The van der Waals surface area contributed by atoms with E-state index in [0.29, 0.717) is 5.56 Å². The fourth-order valence-corrected chi connectivity index (χ4v) is 2.54. The van der Waals surface area contributed by atoms with Crippen LogP contribution in [0.5, 0.6) is 0 Å². The summed E-state index contributed by atoms with van der Waals surface area (Å²) in [5.41, 5.74) is 7.46. The number of benzene rings is 1. The van der Waals surface area contributed by atoms with Crippen LogP contribution in [-0.4, -0.2) is 16.0 Å². The molecule has 0 aliphatic carbocycles. The van der Waals surface area contributed by atoms with E-state index in [1.165, 1.54) is 11.8 Å². The number of amidine groups is 1. The highest BCUT2D eigenvalue weighted by Gasteiger charge is 2.11. The van der Waals surface area contributed by atoms with Crippen molar-refractivity contribution in [2.75, 3.05) is 0 Å². The van der Waals surface area contributed by atoms with Crippen LogP contribution in [0.25, 0.3) is 0 Å². The molecule has 0 saturated heterocycles. The molecule has 0 radical (unpaired) electrons. The molecule has 0 aliphatic rings. The van der Waals surface area contributed by atoms with Gasteiger partial charge in [-0.15, -0.1) is 0 Å². The second-order valence-corrected chi connectivity index (χ2v) is 4.74. The number of rotatable bonds is 3. The normalized spacial score (nSPS) is 11.5. The maximum atomic E-state index is 8.81. The van der Waals surface area contributed by atoms with Crippen molar-refractivity contribution in [2.45, 2.75) is 16.8 Å². The first-order valence-corrected chi connectivity index (χ1v) is 6.20. The summed E-state index contributed by atoms with van der Waals surface area (Å²) in [4.78, 5) is 5.21. The zero-order valence-corrected chi connectivity index (χ0v) is 10.7. The topological polar surface area (TPSA) is 71.5 Å². The summed E-state index contributed by atoms with van der Waals surface area (Å²) < 4.78 is 0. The molecule has 4 nitrogen and oxygen atoms in total. The average Bonchev–Trinajstić information content (AvgIpc) is 2.41. The Kier molecular flexibility index (Phi) is 3.84. The number of nitrogens with zero attached hydrogens (tertiary/aromatic N) is 2. The van der Waals surface area contributed by atoms with E-state index in [0.717, 1.165) is 15.5 Å². The Balaban J connectivity index is 2.44. The monoisotopic (exact) mass is 259 g/mol. The van der Waals surface area contributed by atoms with Crippen molar-refractivity contribution in [3.05, 3.63) is 53.7 Å². The van der Waals surface area contributed by atoms with E-state index in [9.17, 15) is 0 Å². The van der Waals surface area contributed by atoms with Crippen molar-refractivity contribution in [1.82, 2.24) is 4.98 Å². The van der Waals surface area contributed by atoms with Crippen molar-refractivity contribution in [3.8, 4) is 0 Å². The third-order valence-corrected chi connectivity index (χ3v) is 3.64. The molecule has 0 unspecified atom stereocenters. The molecule has 0 bridgehead atoms. The van der Waals surface area contributed by atoms with Gasteiger partial charge in [-0.1, -0.05) is 35.1 Å². The smallest absolute Gasteiger partial charge is 0.171 e. The van der Waals surface area contributed by atoms with Crippen LogP contribution in [0.4, 0.5) is 0 Å². The van der Waals surface area contributed by atoms with Crippen LogP contribution in [0, 0.1) is 6.92 Å². The maximum Gasteiger partial charge on any atom is 0.171 e. The Morgan fingerprint density at radius 3 is 2.78 bits per heavy atom. The summed E-state index contributed by atoms with van der Waals surface area (Å²) >= 11 is 1.50. The van der Waals surface area contributed by atoms with Crippen LogP contribution in [0.1, 0.15) is 11.1 Å². The molecular formula is C13H13N3OS.